The lowest BCUT2D eigenvalue weighted by Crippen LogP contribution is -2.48. The number of carbonyl (C=O) groups is 2. The van der Waals surface area contributed by atoms with E-state index in [9.17, 15) is 23.1 Å². The third-order valence-electron chi connectivity index (χ3n) is 9.46. The van der Waals surface area contributed by atoms with Crippen LogP contribution in [0.4, 0.5) is 5.69 Å². The van der Waals surface area contributed by atoms with Gasteiger partial charge >= 0.3 is 0 Å². The maximum Gasteiger partial charge on any atom is 0.261 e. The number of likely N-dealkylation sites (N-methyl/N-ethyl adjacent to an activating group) is 1. The van der Waals surface area contributed by atoms with Gasteiger partial charge in [-0.2, -0.15) is 0 Å². The van der Waals surface area contributed by atoms with Crippen LogP contribution in [0.25, 0.3) is 0 Å². The standard InChI is InChI=1S/C36H53N3O8S/c1-25-22-39(26(2)24-40)36(42)32-21-29(37-48(43,44)31-17-15-30(45-5)16-18-31)14-19-33(32)47-27(3)11-9-10-20-46-34(25)23-38(4)35(41)28-12-7-6-8-13-28/h14-19,21,25-28,34,37,40H,6-13,20,22-24H2,1-5H3/t25-,26-,27-,34-/m0/s1. The lowest BCUT2D eigenvalue weighted by molar-refractivity contribution is -0.137. The lowest BCUT2D eigenvalue weighted by atomic mass is 9.88. The van der Waals surface area contributed by atoms with Gasteiger partial charge in [0.05, 0.1) is 42.4 Å². The number of amides is 2. The fraction of sp³-hybridized carbons (Fsp3) is 0.611. The third-order valence-corrected chi connectivity index (χ3v) is 10.9. The Morgan fingerprint density at radius 1 is 1.06 bits per heavy atom. The Morgan fingerprint density at radius 2 is 1.75 bits per heavy atom. The van der Waals surface area contributed by atoms with Gasteiger partial charge in [0, 0.05) is 44.3 Å². The molecular weight excluding hydrogens is 634 g/mol. The summed E-state index contributed by atoms with van der Waals surface area (Å²) in [5.74, 6) is 0.460. The summed E-state index contributed by atoms with van der Waals surface area (Å²) in [5.41, 5.74) is 0.382. The van der Waals surface area contributed by atoms with Gasteiger partial charge in [-0.05, 0) is 88.4 Å². The maximum absolute atomic E-state index is 14.4. The van der Waals surface area contributed by atoms with Crippen LogP contribution in [0.2, 0.25) is 0 Å². The first kappa shape index (κ1) is 37.5. The van der Waals surface area contributed by atoms with Crippen LogP contribution in [0.3, 0.4) is 0 Å². The molecule has 1 fully saturated rings. The zero-order valence-corrected chi connectivity index (χ0v) is 29.8. The third kappa shape index (κ3) is 9.85. The van der Waals surface area contributed by atoms with E-state index < -0.39 is 22.0 Å². The minimum absolute atomic E-state index is 0.0411. The van der Waals surface area contributed by atoms with Crippen molar-refractivity contribution in [3.05, 3.63) is 48.0 Å². The van der Waals surface area contributed by atoms with Crippen molar-refractivity contribution >= 4 is 27.5 Å². The molecule has 266 valence electrons. The maximum atomic E-state index is 14.4. The summed E-state index contributed by atoms with van der Waals surface area (Å²) in [6.07, 6.45) is 6.97. The molecule has 0 radical (unpaired) electrons. The number of aliphatic hydroxyl groups excluding tert-OH is 1. The van der Waals surface area contributed by atoms with Gasteiger partial charge in [0.25, 0.3) is 15.9 Å². The van der Waals surface area contributed by atoms with E-state index in [1.807, 2.05) is 20.9 Å². The van der Waals surface area contributed by atoms with Crippen molar-refractivity contribution in [3.63, 3.8) is 0 Å². The summed E-state index contributed by atoms with van der Waals surface area (Å²) < 4.78 is 46.9. The molecule has 12 heteroatoms. The fourth-order valence-corrected chi connectivity index (χ4v) is 7.49. The number of ether oxygens (including phenoxy) is 3. The molecule has 0 spiro atoms. The normalized spacial score (nSPS) is 22.5. The zero-order chi connectivity index (χ0) is 34.8. The summed E-state index contributed by atoms with van der Waals surface area (Å²) in [5, 5.41) is 10.2. The molecular formula is C36H53N3O8S. The Morgan fingerprint density at radius 3 is 2.42 bits per heavy atom. The molecule has 2 aromatic carbocycles. The number of fused-ring (bicyclic) bond motifs is 1. The van der Waals surface area contributed by atoms with E-state index in [1.54, 1.807) is 41.0 Å². The van der Waals surface area contributed by atoms with Crippen LogP contribution < -0.4 is 14.2 Å². The SMILES string of the molecule is COc1ccc(S(=O)(=O)Nc2ccc3c(c2)C(=O)N([C@@H](C)CO)C[C@H](C)[C@H](CN(C)C(=O)C2CCCCC2)OCCCC[C@H](C)O3)cc1. The highest BCUT2D eigenvalue weighted by molar-refractivity contribution is 7.92. The van der Waals surface area contributed by atoms with Gasteiger partial charge in [-0.1, -0.05) is 26.2 Å². The number of benzene rings is 2. The van der Waals surface area contributed by atoms with Crippen molar-refractivity contribution < 1.29 is 37.3 Å². The molecule has 4 atom stereocenters. The van der Waals surface area contributed by atoms with Crippen molar-refractivity contribution in [2.75, 3.05) is 45.2 Å². The summed E-state index contributed by atoms with van der Waals surface area (Å²) in [6.45, 7) is 6.59. The number of carbonyl (C=O) groups excluding carboxylic acids is 2. The van der Waals surface area contributed by atoms with Crippen LogP contribution in [0.5, 0.6) is 11.5 Å². The van der Waals surface area contributed by atoms with E-state index >= 15 is 0 Å². The van der Waals surface area contributed by atoms with Gasteiger partial charge in [0.2, 0.25) is 5.91 Å². The Kier molecular flexibility index (Phi) is 13.5. The molecule has 0 bridgehead atoms. The number of sulfonamides is 1. The molecule has 2 N–H and O–H groups in total. The van der Waals surface area contributed by atoms with Crippen molar-refractivity contribution in [2.45, 2.75) is 95.3 Å². The van der Waals surface area contributed by atoms with Crippen LogP contribution in [-0.2, 0) is 19.6 Å². The molecule has 1 heterocycles. The van der Waals surface area contributed by atoms with E-state index in [0.717, 1.165) is 44.9 Å². The van der Waals surface area contributed by atoms with Gasteiger partial charge in [0.1, 0.15) is 11.5 Å². The molecule has 4 rings (SSSR count). The highest BCUT2D eigenvalue weighted by Gasteiger charge is 2.32. The average Bonchev–Trinajstić information content (AvgIpc) is 3.09. The predicted molar refractivity (Wildman–Crippen MR) is 185 cm³/mol. The minimum Gasteiger partial charge on any atom is -0.497 e. The number of methoxy groups -OCH3 is 1. The lowest BCUT2D eigenvalue weighted by Gasteiger charge is -2.36. The van der Waals surface area contributed by atoms with E-state index in [4.69, 9.17) is 14.2 Å². The van der Waals surface area contributed by atoms with Crippen molar-refractivity contribution in [1.29, 1.82) is 0 Å². The molecule has 0 saturated heterocycles. The first-order chi connectivity index (χ1) is 22.9. The first-order valence-corrected chi connectivity index (χ1v) is 18.7. The van der Waals surface area contributed by atoms with E-state index in [0.29, 0.717) is 24.7 Å². The number of hydrogen-bond acceptors (Lipinski definition) is 8. The Bertz CT molecular complexity index is 1460. The van der Waals surface area contributed by atoms with Crippen LogP contribution in [0.15, 0.2) is 47.4 Å². The highest BCUT2D eigenvalue weighted by Crippen LogP contribution is 2.30. The Hall–Kier alpha value is -3.35. The average molecular weight is 688 g/mol. The van der Waals surface area contributed by atoms with Crippen LogP contribution >= 0.6 is 0 Å². The van der Waals surface area contributed by atoms with Crippen molar-refractivity contribution in [3.8, 4) is 11.5 Å². The number of anilines is 1. The van der Waals surface area contributed by atoms with Gasteiger partial charge in [-0.3, -0.25) is 14.3 Å². The number of hydrogen-bond donors (Lipinski definition) is 2. The van der Waals surface area contributed by atoms with E-state index in [2.05, 4.69) is 4.72 Å². The van der Waals surface area contributed by atoms with Crippen LogP contribution in [-0.4, -0.2) is 93.8 Å². The largest absolute Gasteiger partial charge is 0.497 e. The van der Waals surface area contributed by atoms with Gasteiger partial charge in [-0.15, -0.1) is 0 Å². The summed E-state index contributed by atoms with van der Waals surface area (Å²) in [6, 6.07) is 10.1. The van der Waals surface area contributed by atoms with Gasteiger partial charge in [0.15, 0.2) is 0 Å². The molecule has 1 aliphatic carbocycles. The smallest absolute Gasteiger partial charge is 0.261 e. The zero-order valence-electron chi connectivity index (χ0n) is 29.0. The monoisotopic (exact) mass is 687 g/mol. The highest BCUT2D eigenvalue weighted by atomic mass is 32.2. The second kappa shape index (κ2) is 17.3. The molecule has 2 aliphatic rings. The molecule has 48 heavy (non-hydrogen) atoms. The molecule has 1 saturated carbocycles. The van der Waals surface area contributed by atoms with Crippen LogP contribution in [0, 0.1) is 11.8 Å². The van der Waals surface area contributed by atoms with Gasteiger partial charge in [-0.25, -0.2) is 8.42 Å². The molecule has 1 aliphatic heterocycles. The van der Waals surface area contributed by atoms with Gasteiger partial charge < -0.3 is 29.1 Å². The first-order valence-electron chi connectivity index (χ1n) is 17.2. The molecule has 0 aromatic heterocycles. The minimum atomic E-state index is -3.98. The number of rotatable bonds is 9. The summed E-state index contributed by atoms with van der Waals surface area (Å²) in [4.78, 5) is 31.2. The van der Waals surface area contributed by atoms with Crippen LogP contribution in [0.1, 0.15) is 82.5 Å². The second-order valence-electron chi connectivity index (χ2n) is 13.3. The van der Waals surface area contributed by atoms with Crippen molar-refractivity contribution in [1.82, 2.24) is 9.80 Å². The molecule has 0 unspecified atom stereocenters. The quantitative estimate of drug-likeness (QED) is 0.362. The molecule has 2 aromatic rings. The molecule has 2 amide bonds. The Balaban J connectivity index is 1.63. The second-order valence-corrected chi connectivity index (χ2v) is 15.0. The number of nitrogens with one attached hydrogen (secondary N) is 1. The summed E-state index contributed by atoms with van der Waals surface area (Å²) in [7, 11) is -0.642. The summed E-state index contributed by atoms with van der Waals surface area (Å²) >= 11 is 0. The topological polar surface area (TPSA) is 135 Å². The fourth-order valence-electron chi connectivity index (χ4n) is 6.44. The van der Waals surface area contributed by atoms with Crippen molar-refractivity contribution in [2.24, 2.45) is 11.8 Å². The van der Waals surface area contributed by atoms with E-state index in [1.165, 1.54) is 31.7 Å². The van der Waals surface area contributed by atoms with E-state index in [-0.39, 0.29) is 59.2 Å². The number of aliphatic hydroxyl groups is 1. The predicted octanol–water partition coefficient (Wildman–Crippen LogP) is 5.33. The number of nitrogens with zero attached hydrogens (tertiary/aromatic N) is 2. The molecule has 11 nitrogen and oxygen atoms in total. The Labute approximate surface area is 286 Å².